The number of fused-ring (bicyclic) bond motifs is 3. The normalized spacial score (nSPS) is 28.7. The van der Waals surface area contributed by atoms with Gasteiger partial charge in [-0.25, -0.2) is 0 Å². The number of nitrogens with zero attached hydrogens (tertiary/aromatic N) is 1. The molecule has 1 saturated heterocycles. The van der Waals surface area contributed by atoms with Crippen molar-refractivity contribution in [3.05, 3.63) is 38.1 Å². The highest BCUT2D eigenvalue weighted by Gasteiger charge is 2.35. The maximum atomic E-state index is 6.13. The van der Waals surface area contributed by atoms with Crippen LogP contribution in [0.1, 0.15) is 17.0 Å². The van der Waals surface area contributed by atoms with Crippen LogP contribution in [0.5, 0.6) is 0 Å². The molecule has 0 spiro atoms. The Morgan fingerprint density at radius 3 is 3.13 bits per heavy atom. The Morgan fingerprint density at radius 1 is 1.40 bits per heavy atom. The maximum Gasteiger partial charge on any atom is 0.171 e. The van der Waals surface area contributed by atoms with E-state index in [1.165, 1.54) is 11.1 Å². The summed E-state index contributed by atoms with van der Waals surface area (Å²) in [6, 6.07) is 4.02. The zero-order chi connectivity index (χ0) is 10.4. The van der Waals surface area contributed by atoms with Crippen molar-refractivity contribution in [2.24, 2.45) is 0 Å². The third-order valence-electron chi connectivity index (χ3n) is 3.20. The van der Waals surface area contributed by atoms with Gasteiger partial charge in [0.2, 0.25) is 0 Å². The number of benzene rings is 1. The van der Waals surface area contributed by atoms with Gasteiger partial charge in [-0.15, -0.1) is 6.54 Å². The quantitative estimate of drug-likeness (QED) is 0.656. The molecular formula is C11H11BrClNO. The zero-order valence-electron chi connectivity index (χ0n) is 8.08. The minimum atomic E-state index is 0.382. The summed E-state index contributed by atoms with van der Waals surface area (Å²) in [6.45, 7) is 2.57. The summed E-state index contributed by atoms with van der Waals surface area (Å²) in [4.78, 5) is 0. The fourth-order valence-electron chi connectivity index (χ4n) is 2.42. The Labute approximate surface area is 102 Å². The summed E-state index contributed by atoms with van der Waals surface area (Å²) in [5.41, 5.74) is 2.63. The second kappa shape index (κ2) is 3.74. The first-order valence-electron chi connectivity index (χ1n) is 5.04. The molecule has 1 aromatic carbocycles. The minimum Gasteiger partial charge on any atom is -0.655 e. The third kappa shape index (κ3) is 1.53. The third-order valence-corrected chi connectivity index (χ3v) is 4.59. The highest BCUT2D eigenvalue weighted by Crippen LogP contribution is 2.42. The fourth-order valence-corrected chi connectivity index (χ4v) is 3.27. The molecule has 0 amide bonds. The highest BCUT2D eigenvalue weighted by molar-refractivity contribution is 9.10. The van der Waals surface area contributed by atoms with Crippen LogP contribution in [0, 0.1) is 0 Å². The largest absolute Gasteiger partial charge is 0.655 e. The van der Waals surface area contributed by atoms with Crippen molar-refractivity contribution in [2.75, 3.05) is 13.1 Å². The molecule has 0 saturated carbocycles. The van der Waals surface area contributed by atoms with Crippen molar-refractivity contribution < 1.29 is 4.74 Å². The molecule has 2 aliphatic rings. The van der Waals surface area contributed by atoms with Crippen LogP contribution in [0.15, 0.2) is 16.6 Å². The summed E-state index contributed by atoms with van der Waals surface area (Å²) < 4.78 is 5.69. The van der Waals surface area contributed by atoms with E-state index >= 15 is 0 Å². The summed E-state index contributed by atoms with van der Waals surface area (Å²) >= 11 is 9.72. The molecule has 0 radical (unpaired) electrons. The molecule has 1 fully saturated rings. The molecule has 2 aliphatic heterocycles. The number of halogens is 2. The molecule has 3 rings (SSSR count). The van der Waals surface area contributed by atoms with Gasteiger partial charge in [0, 0.05) is 16.0 Å². The lowest BCUT2D eigenvalue weighted by atomic mass is 9.90. The molecule has 0 aliphatic carbocycles. The van der Waals surface area contributed by atoms with Gasteiger partial charge < -0.3 is 10.1 Å². The van der Waals surface area contributed by atoms with Gasteiger partial charge in [-0.3, -0.25) is 0 Å². The first kappa shape index (κ1) is 10.1. The van der Waals surface area contributed by atoms with E-state index in [1.807, 2.05) is 6.07 Å². The summed E-state index contributed by atoms with van der Waals surface area (Å²) in [6.07, 6.45) is 0.382. The minimum absolute atomic E-state index is 0.382. The molecule has 2 nitrogen and oxygen atoms in total. The number of hydrogen-bond acceptors (Lipinski definition) is 0. The standard InChI is InChI=1S/C11H10BrClNO/c12-11-8(13)2-1-6-5-15-9-4-14-3-7(9)10(6)11/h1-2,7,9H,3-5H2/q-1/p+1/t7-,9+/m1/s1. The molecule has 4 heteroatoms. The number of hydrogen-bond donors (Lipinski definition) is 0. The SMILES string of the molecule is Clc1ccc2c(c1Br)[C@@H]1C[N-]C[C@@H]1[OH+]C2. The lowest BCUT2D eigenvalue weighted by molar-refractivity contribution is -0.124. The van der Waals surface area contributed by atoms with Crippen molar-refractivity contribution >= 4 is 27.5 Å². The predicted octanol–water partition coefficient (Wildman–Crippen LogP) is 2.98. The van der Waals surface area contributed by atoms with E-state index in [0.29, 0.717) is 12.0 Å². The number of aliphatic hydroxyl groups is 2. The van der Waals surface area contributed by atoms with Gasteiger partial charge in [0.05, 0.1) is 5.02 Å². The van der Waals surface area contributed by atoms with E-state index < -0.39 is 0 Å². The Bertz CT molecular complexity index is 410. The predicted molar refractivity (Wildman–Crippen MR) is 64.7 cm³/mol. The van der Waals surface area contributed by atoms with Gasteiger partial charge >= 0.3 is 0 Å². The van der Waals surface area contributed by atoms with Gasteiger partial charge in [0.15, 0.2) is 6.61 Å². The van der Waals surface area contributed by atoms with Crippen molar-refractivity contribution in [1.82, 2.24) is 0 Å². The molecule has 80 valence electrons. The topological polar surface area (TPSA) is 26.9 Å². The maximum absolute atomic E-state index is 6.13. The van der Waals surface area contributed by atoms with Crippen LogP contribution < -0.4 is 0 Å². The van der Waals surface area contributed by atoms with Crippen LogP contribution in [-0.2, 0) is 6.61 Å². The summed E-state index contributed by atoms with van der Waals surface area (Å²) in [7, 11) is 0. The van der Waals surface area contributed by atoms with Crippen molar-refractivity contribution in [1.29, 1.82) is 0 Å². The van der Waals surface area contributed by atoms with E-state index in [9.17, 15) is 0 Å². The Hall–Kier alpha value is -0.0900. The fraction of sp³-hybridized carbons (Fsp3) is 0.455. The van der Waals surface area contributed by atoms with Gasteiger partial charge in [-0.1, -0.05) is 18.1 Å². The number of ether oxygens (including phenoxy) is 1. The van der Waals surface area contributed by atoms with Gasteiger partial charge in [-0.2, -0.15) is 0 Å². The van der Waals surface area contributed by atoms with Gasteiger partial charge in [-0.05, 0) is 33.6 Å². The highest BCUT2D eigenvalue weighted by atomic mass is 79.9. The molecule has 15 heavy (non-hydrogen) atoms. The zero-order valence-corrected chi connectivity index (χ0v) is 10.4. The monoisotopic (exact) mass is 287 g/mol. The molecule has 2 atom stereocenters. The molecule has 0 unspecified atom stereocenters. The molecule has 0 aromatic heterocycles. The van der Waals surface area contributed by atoms with Crippen LogP contribution >= 0.6 is 27.5 Å². The van der Waals surface area contributed by atoms with E-state index in [1.54, 1.807) is 0 Å². The van der Waals surface area contributed by atoms with Crippen LogP contribution in [0.3, 0.4) is 0 Å². The summed E-state index contributed by atoms with van der Waals surface area (Å²) in [5.74, 6) is 0.446. The average Bonchev–Trinajstić information content (AvgIpc) is 2.70. The Balaban J connectivity index is 2.14. The molecule has 0 bridgehead atoms. The molecule has 2 heterocycles. The average molecular weight is 289 g/mol. The van der Waals surface area contributed by atoms with Crippen LogP contribution in [-0.4, -0.2) is 23.9 Å². The lowest BCUT2D eigenvalue weighted by Gasteiger charge is -2.28. The first-order chi connectivity index (χ1) is 7.27. The van der Waals surface area contributed by atoms with Gasteiger partial charge in [0.1, 0.15) is 6.10 Å². The van der Waals surface area contributed by atoms with Crippen LogP contribution in [0.25, 0.3) is 5.32 Å². The number of rotatable bonds is 0. The van der Waals surface area contributed by atoms with Crippen molar-refractivity contribution in [2.45, 2.75) is 18.6 Å². The van der Waals surface area contributed by atoms with Crippen molar-refractivity contribution in [3.63, 3.8) is 0 Å². The van der Waals surface area contributed by atoms with E-state index in [4.69, 9.17) is 11.6 Å². The second-order valence-corrected chi connectivity index (χ2v) is 5.24. The van der Waals surface area contributed by atoms with E-state index in [2.05, 4.69) is 32.0 Å². The Kier molecular flexibility index (Phi) is 2.51. The van der Waals surface area contributed by atoms with Gasteiger partial charge in [0.25, 0.3) is 0 Å². The second-order valence-electron chi connectivity index (χ2n) is 4.04. The molecule has 1 aromatic rings. The molecular weight excluding hydrogens is 277 g/mol. The molecule has 1 N–H and O–H groups in total. The first-order valence-corrected chi connectivity index (χ1v) is 6.21. The van der Waals surface area contributed by atoms with Crippen LogP contribution in [0.4, 0.5) is 0 Å². The summed E-state index contributed by atoms with van der Waals surface area (Å²) in [5, 5.41) is 5.23. The lowest BCUT2D eigenvalue weighted by Crippen LogP contribution is -2.30. The van der Waals surface area contributed by atoms with E-state index in [0.717, 1.165) is 29.2 Å². The van der Waals surface area contributed by atoms with Crippen molar-refractivity contribution in [3.8, 4) is 0 Å². The smallest absolute Gasteiger partial charge is 0.171 e. The Morgan fingerprint density at radius 2 is 2.27 bits per heavy atom. The van der Waals surface area contributed by atoms with Crippen LogP contribution in [0.2, 0.25) is 5.02 Å². The van der Waals surface area contributed by atoms with E-state index in [-0.39, 0.29) is 0 Å².